The predicted molar refractivity (Wildman–Crippen MR) is 80.6 cm³/mol. The maximum absolute atomic E-state index is 13.6. The van der Waals surface area contributed by atoms with Crippen LogP contribution in [0.25, 0.3) is 0 Å². The molecule has 5 heteroatoms. The fraction of sp³-hybridized carbons (Fsp3) is 0.200. The average molecular weight is 340 g/mol. The highest BCUT2D eigenvalue weighted by Gasteiger charge is 2.13. The molecule has 0 radical (unpaired) electrons. The molecule has 1 unspecified atom stereocenters. The lowest BCUT2D eigenvalue weighted by Crippen LogP contribution is -2.08. The molecule has 0 bridgehead atoms. The number of hydrogen-bond acceptors (Lipinski definition) is 3. The summed E-state index contributed by atoms with van der Waals surface area (Å²) in [5.41, 5.74) is 2.07. The van der Waals surface area contributed by atoms with Gasteiger partial charge in [-0.3, -0.25) is 0 Å². The number of anilines is 1. The molecule has 2 aromatic carbocycles. The van der Waals surface area contributed by atoms with Gasteiger partial charge in [0.15, 0.2) is 0 Å². The van der Waals surface area contributed by atoms with E-state index >= 15 is 0 Å². The van der Waals surface area contributed by atoms with Crippen LogP contribution in [0.3, 0.4) is 0 Å². The first-order chi connectivity index (χ1) is 9.38. The predicted octanol–water partition coefficient (Wildman–Crippen LogP) is 4.48. The van der Waals surface area contributed by atoms with Crippen LogP contribution in [0.2, 0.25) is 0 Å². The number of benzene rings is 2. The highest BCUT2D eigenvalue weighted by molar-refractivity contribution is 9.10. The summed E-state index contributed by atoms with van der Waals surface area (Å²) in [6.07, 6.45) is 0. The topological polar surface area (TPSA) is 52.5 Å². The first-order valence-corrected chi connectivity index (χ1v) is 6.92. The van der Waals surface area contributed by atoms with E-state index in [1.54, 1.807) is 6.07 Å². The van der Waals surface area contributed by atoms with E-state index < -0.39 is 0 Å². The van der Waals surface area contributed by atoms with Gasteiger partial charge in [0.2, 0.25) is 0 Å². The van der Waals surface area contributed by atoms with E-state index in [-0.39, 0.29) is 23.4 Å². The summed E-state index contributed by atoms with van der Waals surface area (Å²) in [7, 11) is 0. The van der Waals surface area contributed by atoms with Gasteiger partial charge >= 0.3 is 0 Å². The van der Waals surface area contributed by atoms with Crippen LogP contribution in [0.15, 0.2) is 34.8 Å². The number of phenols is 2. The van der Waals surface area contributed by atoms with Crippen LogP contribution in [0, 0.1) is 12.7 Å². The van der Waals surface area contributed by atoms with Gasteiger partial charge in [-0.05, 0) is 65.7 Å². The molecule has 1 atom stereocenters. The minimum absolute atomic E-state index is 0.0742. The van der Waals surface area contributed by atoms with Crippen molar-refractivity contribution in [2.24, 2.45) is 0 Å². The third-order valence-corrected chi connectivity index (χ3v) is 3.72. The summed E-state index contributed by atoms with van der Waals surface area (Å²) < 4.78 is 14.0. The van der Waals surface area contributed by atoms with Crippen molar-refractivity contribution in [1.29, 1.82) is 0 Å². The Morgan fingerprint density at radius 3 is 2.60 bits per heavy atom. The van der Waals surface area contributed by atoms with E-state index in [2.05, 4.69) is 21.2 Å². The second kappa shape index (κ2) is 5.71. The number of hydrogen-bond donors (Lipinski definition) is 3. The molecular formula is C15H15BrFNO2. The van der Waals surface area contributed by atoms with Crippen molar-refractivity contribution < 1.29 is 14.6 Å². The van der Waals surface area contributed by atoms with Crippen LogP contribution in [0.4, 0.5) is 10.1 Å². The maximum Gasteiger partial charge on any atom is 0.139 e. The van der Waals surface area contributed by atoms with Gasteiger partial charge in [0.1, 0.15) is 17.3 Å². The normalized spacial score (nSPS) is 12.2. The number of halogens is 2. The molecule has 0 spiro atoms. The highest BCUT2D eigenvalue weighted by atomic mass is 79.9. The third kappa shape index (κ3) is 3.04. The summed E-state index contributed by atoms with van der Waals surface area (Å²) in [6.45, 7) is 3.69. The standard InChI is InChI=1S/C15H15BrFNO2/c1-8-5-12(16)13(17)7-14(8)18-9(2)11-6-10(19)3-4-15(11)20/h3-7,9,18-20H,1-2H3. The van der Waals surface area contributed by atoms with Gasteiger partial charge in [-0.15, -0.1) is 0 Å². The minimum atomic E-state index is -0.356. The number of phenolic OH excluding ortho intramolecular Hbond substituents is 2. The van der Waals surface area contributed by atoms with Crippen LogP contribution >= 0.6 is 15.9 Å². The molecular weight excluding hydrogens is 325 g/mol. The van der Waals surface area contributed by atoms with Gasteiger partial charge in [-0.1, -0.05) is 0 Å². The highest BCUT2D eigenvalue weighted by Crippen LogP contribution is 2.32. The SMILES string of the molecule is Cc1cc(Br)c(F)cc1NC(C)c1cc(O)ccc1O. The second-order valence-corrected chi connectivity index (χ2v) is 5.54. The lowest BCUT2D eigenvalue weighted by Gasteiger charge is -2.19. The molecule has 0 amide bonds. The Labute approximate surface area is 125 Å². The van der Waals surface area contributed by atoms with Crippen LogP contribution < -0.4 is 5.32 Å². The summed E-state index contributed by atoms with van der Waals surface area (Å²) in [5, 5.41) is 22.4. The Kier molecular flexibility index (Phi) is 4.18. The van der Waals surface area contributed by atoms with Gasteiger partial charge in [0, 0.05) is 11.3 Å². The number of aromatic hydroxyl groups is 2. The Morgan fingerprint density at radius 1 is 1.20 bits per heavy atom. The van der Waals surface area contributed by atoms with E-state index in [0.29, 0.717) is 15.7 Å². The molecule has 0 aliphatic carbocycles. The molecule has 0 saturated carbocycles. The van der Waals surface area contributed by atoms with Crippen molar-refractivity contribution in [3.8, 4) is 11.5 Å². The quantitative estimate of drug-likeness (QED) is 0.722. The van der Waals surface area contributed by atoms with Gasteiger partial charge in [0.25, 0.3) is 0 Å². The van der Waals surface area contributed by atoms with Crippen molar-refractivity contribution in [2.75, 3.05) is 5.32 Å². The molecule has 0 saturated heterocycles. The summed E-state index contributed by atoms with van der Waals surface area (Å²) >= 11 is 3.14. The number of aryl methyl sites for hydroxylation is 1. The van der Waals surface area contributed by atoms with Crippen LogP contribution in [0.1, 0.15) is 24.1 Å². The molecule has 3 nitrogen and oxygen atoms in total. The average Bonchev–Trinajstić information content (AvgIpc) is 2.38. The molecule has 20 heavy (non-hydrogen) atoms. The first-order valence-electron chi connectivity index (χ1n) is 6.12. The van der Waals surface area contributed by atoms with Crippen LogP contribution in [0.5, 0.6) is 11.5 Å². The molecule has 0 aliphatic rings. The molecule has 2 aromatic rings. The molecule has 3 N–H and O–H groups in total. The van der Waals surface area contributed by atoms with E-state index in [1.165, 1.54) is 24.3 Å². The molecule has 106 valence electrons. The molecule has 0 fully saturated rings. The lowest BCUT2D eigenvalue weighted by molar-refractivity contribution is 0.451. The van der Waals surface area contributed by atoms with Gasteiger partial charge in [-0.2, -0.15) is 0 Å². The summed E-state index contributed by atoms with van der Waals surface area (Å²) in [6, 6.07) is 7.13. The van der Waals surface area contributed by atoms with Gasteiger partial charge < -0.3 is 15.5 Å². The van der Waals surface area contributed by atoms with Crippen molar-refractivity contribution in [3.05, 3.63) is 51.7 Å². The molecule has 0 aromatic heterocycles. The molecule has 0 aliphatic heterocycles. The summed E-state index contributed by atoms with van der Waals surface area (Å²) in [4.78, 5) is 0. The largest absolute Gasteiger partial charge is 0.508 e. The summed E-state index contributed by atoms with van der Waals surface area (Å²) in [5.74, 6) is -0.200. The monoisotopic (exact) mass is 339 g/mol. The zero-order chi connectivity index (χ0) is 14.9. The van der Waals surface area contributed by atoms with Crippen molar-refractivity contribution in [1.82, 2.24) is 0 Å². The lowest BCUT2D eigenvalue weighted by atomic mass is 10.1. The zero-order valence-electron chi connectivity index (χ0n) is 11.1. The molecule has 2 rings (SSSR count). The third-order valence-electron chi connectivity index (χ3n) is 3.12. The van der Waals surface area contributed by atoms with Crippen LogP contribution in [-0.4, -0.2) is 10.2 Å². The first kappa shape index (κ1) is 14.7. The van der Waals surface area contributed by atoms with Gasteiger partial charge in [0.05, 0.1) is 10.5 Å². The zero-order valence-corrected chi connectivity index (χ0v) is 12.7. The Bertz CT molecular complexity index is 646. The van der Waals surface area contributed by atoms with E-state index in [9.17, 15) is 14.6 Å². The maximum atomic E-state index is 13.6. The van der Waals surface area contributed by atoms with Gasteiger partial charge in [-0.25, -0.2) is 4.39 Å². The number of nitrogens with one attached hydrogen (secondary N) is 1. The smallest absolute Gasteiger partial charge is 0.139 e. The van der Waals surface area contributed by atoms with Crippen molar-refractivity contribution >= 4 is 21.6 Å². The van der Waals surface area contributed by atoms with Crippen molar-refractivity contribution in [3.63, 3.8) is 0 Å². The fourth-order valence-electron chi connectivity index (χ4n) is 2.00. The Morgan fingerprint density at radius 2 is 1.90 bits per heavy atom. The Balaban J connectivity index is 2.30. The second-order valence-electron chi connectivity index (χ2n) is 4.69. The number of rotatable bonds is 3. The minimum Gasteiger partial charge on any atom is -0.508 e. The van der Waals surface area contributed by atoms with E-state index in [0.717, 1.165) is 5.56 Å². The van der Waals surface area contributed by atoms with Crippen LogP contribution in [-0.2, 0) is 0 Å². The van der Waals surface area contributed by atoms with E-state index in [1.807, 2.05) is 13.8 Å². The molecule has 0 heterocycles. The Hall–Kier alpha value is -1.75. The van der Waals surface area contributed by atoms with Crippen molar-refractivity contribution in [2.45, 2.75) is 19.9 Å². The fourth-order valence-corrected chi connectivity index (χ4v) is 2.46. The van der Waals surface area contributed by atoms with E-state index in [4.69, 9.17) is 0 Å².